The van der Waals surface area contributed by atoms with Crippen LogP contribution in [0.15, 0.2) is 41.3 Å². The van der Waals surface area contributed by atoms with Crippen molar-refractivity contribution >= 4 is 44.4 Å². The van der Waals surface area contributed by atoms with Crippen LogP contribution >= 0.6 is 34.5 Å². The van der Waals surface area contributed by atoms with Gasteiger partial charge in [-0.2, -0.15) is 0 Å². The van der Waals surface area contributed by atoms with Gasteiger partial charge >= 0.3 is 0 Å². The van der Waals surface area contributed by atoms with Gasteiger partial charge in [0.1, 0.15) is 0 Å². The van der Waals surface area contributed by atoms with Crippen molar-refractivity contribution in [2.45, 2.75) is 11.4 Å². The van der Waals surface area contributed by atoms with Crippen molar-refractivity contribution in [2.75, 3.05) is 12.3 Å². The first-order valence-corrected chi connectivity index (χ1v) is 9.14. The molecule has 0 unspecified atom stereocenters. The highest BCUT2D eigenvalue weighted by Gasteiger charge is 2.16. The summed E-state index contributed by atoms with van der Waals surface area (Å²) >= 11 is 13.2. The van der Waals surface area contributed by atoms with Crippen LogP contribution in [-0.2, 0) is 16.4 Å². The fourth-order valence-electron chi connectivity index (χ4n) is 1.67. The second-order valence-corrected chi connectivity index (χ2v) is 8.42. The Kier molecular flexibility index (Phi) is 5.46. The molecule has 1 aromatic heterocycles. The third-order valence-corrected chi connectivity index (χ3v) is 6.09. The molecule has 1 heterocycles. The van der Waals surface area contributed by atoms with Crippen LogP contribution < -0.4 is 5.32 Å². The maximum absolute atomic E-state index is 12.1. The molecule has 1 aromatic carbocycles. The predicted molar refractivity (Wildman–Crippen MR) is 84.5 cm³/mol. The van der Waals surface area contributed by atoms with E-state index in [1.807, 2.05) is 12.1 Å². The summed E-state index contributed by atoms with van der Waals surface area (Å²) < 4.78 is 25.0. The van der Waals surface area contributed by atoms with Crippen LogP contribution in [0.4, 0.5) is 0 Å². The molecule has 0 amide bonds. The molecule has 0 aliphatic carbocycles. The number of rotatable bonds is 6. The molecular formula is C13H13Cl2NO2S2. The number of sulfone groups is 1. The predicted octanol–water partition coefficient (Wildman–Crippen LogP) is 3.62. The van der Waals surface area contributed by atoms with Crippen LogP contribution in [0.2, 0.25) is 9.36 Å². The fraction of sp³-hybridized carbons (Fsp3) is 0.231. The van der Waals surface area contributed by atoms with Gasteiger partial charge in [0.05, 0.1) is 20.0 Å². The Morgan fingerprint density at radius 2 is 1.85 bits per heavy atom. The average molecular weight is 350 g/mol. The summed E-state index contributed by atoms with van der Waals surface area (Å²) in [5, 5.41) is 3.35. The summed E-state index contributed by atoms with van der Waals surface area (Å²) in [6.07, 6.45) is 0. The lowest BCUT2D eigenvalue weighted by atomic mass is 10.4. The minimum atomic E-state index is -3.36. The number of halogens is 2. The van der Waals surface area contributed by atoms with Gasteiger partial charge in [0.25, 0.3) is 0 Å². The van der Waals surface area contributed by atoms with E-state index < -0.39 is 9.84 Å². The smallest absolute Gasteiger partial charge is 0.181 e. The van der Waals surface area contributed by atoms with Gasteiger partial charge in [-0.15, -0.1) is 11.3 Å². The second-order valence-electron chi connectivity index (χ2n) is 4.13. The summed E-state index contributed by atoms with van der Waals surface area (Å²) in [5.74, 6) is 0.00976. The minimum Gasteiger partial charge on any atom is -0.311 e. The standard InChI is InChI=1S/C13H13Cl2NO2S2/c14-11-3-1-2-4-12(11)20(17,18)8-7-16-9-10-5-6-13(15)19-10/h1-6,16H,7-9H2. The number of hydrogen-bond donors (Lipinski definition) is 1. The molecule has 1 N–H and O–H groups in total. The van der Waals surface area contributed by atoms with Gasteiger partial charge in [-0.3, -0.25) is 0 Å². The Hall–Kier alpha value is -0.590. The molecule has 3 nitrogen and oxygen atoms in total. The Morgan fingerprint density at radius 3 is 2.50 bits per heavy atom. The second kappa shape index (κ2) is 6.91. The van der Waals surface area contributed by atoms with Gasteiger partial charge in [0, 0.05) is 18.0 Å². The zero-order chi connectivity index (χ0) is 14.6. The molecule has 0 aliphatic rings. The third kappa shape index (κ3) is 4.20. The summed E-state index contributed by atoms with van der Waals surface area (Å²) in [4.78, 5) is 1.26. The zero-order valence-electron chi connectivity index (χ0n) is 10.5. The molecule has 0 saturated heterocycles. The van der Waals surface area contributed by atoms with Crippen LogP contribution in [0.3, 0.4) is 0 Å². The lowest BCUT2D eigenvalue weighted by Gasteiger charge is -2.07. The normalized spacial score (nSPS) is 11.7. The summed E-state index contributed by atoms with van der Waals surface area (Å²) in [6.45, 7) is 0.971. The van der Waals surface area contributed by atoms with Crippen LogP contribution in [0.5, 0.6) is 0 Å². The molecule has 7 heteroatoms. The fourth-order valence-corrected chi connectivity index (χ4v) is 4.50. The van der Waals surface area contributed by atoms with Crippen molar-refractivity contribution in [3.05, 3.63) is 50.6 Å². The number of nitrogens with one attached hydrogen (secondary N) is 1. The molecule has 0 bridgehead atoms. The van der Waals surface area contributed by atoms with E-state index in [4.69, 9.17) is 23.2 Å². The Bertz CT molecular complexity index is 683. The van der Waals surface area contributed by atoms with Gasteiger partial charge in [-0.25, -0.2) is 8.42 Å². The number of thiophene rings is 1. The molecular weight excluding hydrogens is 337 g/mol. The van der Waals surface area contributed by atoms with Crippen LogP contribution in [0.1, 0.15) is 4.88 Å². The molecule has 20 heavy (non-hydrogen) atoms. The zero-order valence-corrected chi connectivity index (χ0v) is 13.6. The largest absolute Gasteiger partial charge is 0.311 e. The van der Waals surface area contributed by atoms with E-state index in [9.17, 15) is 8.42 Å². The van der Waals surface area contributed by atoms with Crippen molar-refractivity contribution in [3.63, 3.8) is 0 Å². The monoisotopic (exact) mass is 349 g/mol. The minimum absolute atomic E-state index is 0.00976. The molecule has 0 saturated carbocycles. The number of benzene rings is 1. The first-order chi connectivity index (χ1) is 9.49. The van der Waals surface area contributed by atoms with Gasteiger partial charge in [0.2, 0.25) is 0 Å². The molecule has 0 spiro atoms. The summed E-state index contributed by atoms with van der Waals surface area (Å²) in [6, 6.07) is 10.2. The van der Waals surface area contributed by atoms with Gasteiger partial charge in [-0.1, -0.05) is 35.3 Å². The van der Waals surface area contributed by atoms with E-state index in [2.05, 4.69) is 5.32 Å². The molecule has 2 aromatic rings. The first-order valence-electron chi connectivity index (χ1n) is 5.91. The van der Waals surface area contributed by atoms with Crippen molar-refractivity contribution < 1.29 is 8.42 Å². The molecule has 108 valence electrons. The molecule has 0 fully saturated rings. The SMILES string of the molecule is O=S(=O)(CCNCc1ccc(Cl)s1)c1ccccc1Cl. The summed E-state index contributed by atoms with van der Waals surface area (Å²) in [5.41, 5.74) is 0. The van der Waals surface area contributed by atoms with Crippen LogP contribution in [0, 0.1) is 0 Å². The van der Waals surface area contributed by atoms with Crippen molar-refractivity contribution in [2.24, 2.45) is 0 Å². The van der Waals surface area contributed by atoms with Gasteiger partial charge in [0.15, 0.2) is 9.84 Å². The molecule has 2 rings (SSSR count). The Balaban J connectivity index is 1.89. The first kappa shape index (κ1) is 15.8. The average Bonchev–Trinajstić information content (AvgIpc) is 2.81. The third-order valence-electron chi connectivity index (χ3n) is 2.65. The quantitative estimate of drug-likeness (QED) is 0.810. The van der Waals surface area contributed by atoms with E-state index >= 15 is 0 Å². The van der Waals surface area contributed by atoms with Crippen molar-refractivity contribution in [1.29, 1.82) is 0 Å². The van der Waals surface area contributed by atoms with Gasteiger partial charge < -0.3 is 5.32 Å². The Morgan fingerprint density at radius 1 is 1.10 bits per heavy atom. The highest BCUT2D eigenvalue weighted by molar-refractivity contribution is 7.91. The van der Waals surface area contributed by atoms with E-state index in [0.29, 0.717) is 13.1 Å². The Labute approximate surface area is 132 Å². The van der Waals surface area contributed by atoms with Crippen molar-refractivity contribution in [1.82, 2.24) is 5.32 Å². The lowest BCUT2D eigenvalue weighted by molar-refractivity contribution is 0.591. The van der Waals surface area contributed by atoms with E-state index in [0.717, 1.165) is 9.21 Å². The maximum Gasteiger partial charge on any atom is 0.181 e. The highest BCUT2D eigenvalue weighted by atomic mass is 35.5. The van der Waals surface area contributed by atoms with Gasteiger partial charge in [-0.05, 0) is 24.3 Å². The number of hydrogen-bond acceptors (Lipinski definition) is 4. The van der Waals surface area contributed by atoms with E-state index in [1.54, 1.807) is 18.2 Å². The molecule has 0 radical (unpaired) electrons. The van der Waals surface area contributed by atoms with E-state index in [-0.39, 0.29) is 15.7 Å². The maximum atomic E-state index is 12.1. The van der Waals surface area contributed by atoms with Crippen LogP contribution in [-0.4, -0.2) is 20.7 Å². The van der Waals surface area contributed by atoms with E-state index in [1.165, 1.54) is 17.4 Å². The topological polar surface area (TPSA) is 46.2 Å². The molecule has 0 atom stereocenters. The van der Waals surface area contributed by atoms with Crippen molar-refractivity contribution in [3.8, 4) is 0 Å². The highest BCUT2D eigenvalue weighted by Crippen LogP contribution is 2.22. The summed E-state index contributed by atoms with van der Waals surface area (Å²) in [7, 11) is -3.36. The lowest BCUT2D eigenvalue weighted by Crippen LogP contribution is -2.22. The van der Waals surface area contributed by atoms with Crippen LogP contribution in [0.25, 0.3) is 0 Å². The molecule has 0 aliphatic heterocycles.